The SMILES string of the molecule is CN1CCCC1CCCCc1ccccc1OC1CCN(CC(c2ccccc2)c2ccccc2)CC1. The standard InChI is InChI=1S/C34H44N2O/c1-35-24-12-20-31(35)19-10-8-17-30-18-9-11-21-34(30)37-32-22-25-36(26-23-32)27-33(28-13-4-2-5-14-28)29-15-6-3-7-16-29/h2-7,9,11,13-16,18,21,31-33H,8,10,12,17,19-20,22-27H2,1H3. The molecule has 2 aliphatic rings. The minimum atomic E-state index is 0.316. The van der Waals surface area contributed by atoms with Crippen LogP contribution in [0.25, 0.3) is 0 Å². The fourth-order valence-electron chi connectivity index (χ4n) is 6.29. The first-order valence-electron chi connectivity index (χ1n) is 14.5. The van der Waals surface area contributed by atoms with Crippen LogP contribution in [0.3, 0.4) is 0 Å². The van der Waals surface area contributed by atoms with Gasteiger partial charge in [-0.05, 0) is 81.3 Å². The van der Waals surface area contributed by atoms with E-state index in [4.69, 9.17) is 4.74 Å². The van der Waals surface area contributed by atoms with Crippen molar-refractivity contribution < 1.29 is 4.74 Å². The van der Waals surface area contributed by atoms with Crippen molar-refractivity contribution in [3.63, 3.8) is 0 Å². The first kappa shape index (κ1) is 26.0. The van der Waals surface area contributed by atoms with Gasteiger partial charge >= 0.3 is 0 Å². The number of ether oxygens (including phenoxy) is 1. The highest BCUT2D eigenvalue weighted by molar-refractivity contribution is 5.34. The van der Waals surface area contributed by atoms with Crippen molar-refractivity contribution in [2.24, 2.45) is 0 Å². The number of nitrogens with zero attached hydrogens (tertiary/aromatic N) is 2. The molecule has 3 aromatic rings. The number of hydrogen-bond donors (Lipinski definition) is 0. The number of likely N-dealkylation sites (tertiary alicyclic amines) is 2. The van der Waals surface area contributed by atoms with E-state index in [-0.39, 0.29) is 0 Å². The van der Waals surface area contributed by atoms with Crippen molar-refractivity contribution in [3.05, 3.63) is 102 Å². The van der Waals surface area contributed by atoms with Crippen molar-refractivity contribution >= 4 is 0 Å². The fourth-order valence-corrected chi connectivity index (χ4v) is 6.29. The highest BCUT2D eigenvalue weighted by Crippen LogP contribution is 2.29. The Labute approximate surface area is 224 Å². The number of benzene rings is 3. The molecule has 0 spiro atoms. The van der Waals surface area contributed by atoms with Gasteiger partial charge in [0.25, 0.3) is 0 Å². The second-order valence-electron chi connectivity index (χ2n) is 11.1. The molecule has 0 bridgehead atoms. The molecule has 5 rings (SSSR count). The van der Waals surface area contributed by atoms with Crippen LogP contribution in [0.2, 0.25) is 0 Å². The molecule has 1 atom stereocenters. The molecule has 37 heavy (non-hydrogen) atoms. The third-order valence-electron chi connectivity index (χ3n) is 8.55. The molecule has 0 saturated carbocycles. The lowest BCUT2D eigenvalue weighted by Crippen LogP contribution is -2.40. The van der Waals surface area contributed by atoms with Gasteiger partial charge in [-0.1, -0.05) is 85.3 Å². The molecular formula is C34H44N2O. The minimum Gasteiger partial charge on any atom is -0.490 e. The van der Waals surface area contributed by atoms with Crippen LogP contribution in [0, 0.1) is 0 Å². The second-order valence-corrected chi connectivity index (χ2v) is 11.1. The highest BCUT2D eigenvalue weighted by atomic mass is 16.5. The smallest absolute Gasteiger partial charge is 0.122 e. The van der Waals surface area contributed by atoms with Gasteiger partial charge in [0.2, 0.25) is 0 Å². The Morgan fingerprint density at radius 3 is 2.05 bits per heavy atom. The molecule has 2 aliphatic heterocycles. The number of rotatable bonds is 11. The van der Waals surface area contributed by atoms with Gasteiger partial charge in [0.1, 0.15) is 11.9 Å². The van der Waals surface area contributed by atoms with Gasteiger partial charge in [0.05, 0.1) is 0 Å². The van der Waals surface area contributed by atoms with E-state index in [9.17, 15) is 0 Å². The molecule has 0 radical (unpaired) electrons. The normalized spacial score (nSPS) is 19.5. The summed E-state index contributed by atoms with van der Waals surface area (Å²) < 4.78 is 6.62. The van der Waals surface area contributed by atoms with Crippen LogP contribution >= 0.6 is 0 Å². The Morgan fingerprint density at radius 1 is 0.757 bits per heavy atom. The number of aryl methyl sites for hydroxylation is 1. The Bertz CT molecular complexity index is 1020. The summed E-state index contributed by atoms with van der Waals surface area (Å²) >= 11 is 0. The van der Waals surface area contributed by atoms with Crippen molar-refractivity contribution in [2.45, 2.75) is 69.4 Å². The van der Waals surface area contributed by atoms with E-state index in [1.807, 2.05) is 0 Å². The van der Waals surface area contributed by atoms with Crippen molar-refractivity contribution in [2.75, 3.05) is 33.2 Å². The van der Waals surface area contributed by atoms with E-state index in [2.05, 4.69) is 102 Å². The lowest BCUT2D eigenvalue weighted by molar-refractivity contribution is 0.0980. The molecule has 0 aliphatic carbocycles. The van der Waals surface area contributed by atoms with Gasteiger partial charge in [0, 0.05) is 31.6 Å². The summed E-state index contributed by atoms with van der Waals surface area (Å²) in [5, 5.41) is 0. The zero-order chi connectivity index (χ0) is 25.3. The predicted molar refractivity (Wildman–Crippen MR) is 154 cm³/mol. The molecule has 2 fully saturated rings. The van der Waals surface area contributed by atoms with E-state index in [1.165, 1.54) is 55.3 Å². The summed E-state index contributed by atoms with van der Waals surface area (Å²) in [4.78, 5) is 5.18. The first-order valence-corrected chi connectivity index (χ1v) is 14.5. The fraction of sp³-hybridized carbons (Fsp3) is 0.471. The van der Waals surface area contributed by atoms with Crippen molar-refractivity contribution in [3.8, 4) is 5.75 Å². The lowest BCUT2D eigenvalue weighted by Gasteiger charge is -2.35. The average molecular weight is 497 g/mol. The molecule has 3 aromatic carbocycles. The van der Waals surface area contributed by atoms with Gasteiger partial charge in [-0.15, -0.1) is 0 Å². The predicted octanol–water partition coefficient (Wildman–Crippen LogP) is 7.17. The van der Waals surface area contributed by atoms with Gasteiger partial charge in [0.15, 0.2) is 0 Å². The van der Waals surface area contributed by atoms with E-state index in [0.29, 0.717) is 12.0 Å². The molecule has 0 N–H and O–H groups in total. The van der Waals surface area contributed by atoms with Gasteiger partial charge in [-0.3, -0.25) is 0 Å². The van der Waals surface area contributed by atoms with Gasteiger partial charge in [-0.25, -0.2) is 0 Å². The molecular weight excluding hydrogens is 452 g/mol. The third kappa shape index (κ3) is 7.24. The number of para-hydroxylation sites is 1. The summed E-state index contributed by atoms with van der Waals surface area (Å²) in [6.07, 6.45) is 10.3. The van der Waals surface area contributed by atoms with Crippen LogP contribution in [0.1, 0.15) is 67.6 Å². The number of hydrogen-bond acceptors (Lipinski definition) is 3. The number of piperidine rings is 1. The molecule has 196 valence electrons. The topological polar surface area (TPSA) is 15.7 Å². The minimum absolute atomic E-state index is 0.316. The third-order valence-corrected chi connectivity index (χ3v) is 8.55. The molecule has 2 saturated heterocycles. The maximum atomic E-state index is 6.62. The van der Waals surface area contributed by atoms with Crippen molar-refractivity contribution in [1.82, 2.24) is 9.80 Å². The molecule has 0 amide bonds. The van der Waals surface area contributed by atoms with Crippen LogP contribution in [0.4, 0.5) is 0 Å². The van der Waals surface area contributed by atoms with Gasteiger partial charge < -0.3 is 14.5 Å². The molecule has 1 unspecified atom stereocenters. The van der Waals surface area contributed by atoms with Crippen LogP contribution in [0.5, 0.6) is 5.75 Å². The van der Waals surface area contributed by atoms with E-state index >= 15 is 0 Å². The summed E-state index contributed by atoms with van der Waals surface area (Å²) in [6, 6.07) is 31.5. The Balaban J connectivity index is 1.12. The Kier molecular flexibility index (Phi) is 9.32. The molecule has 3 heteroatoms. The number of unbranched alkanes of at least 4 members (excludes halogenated alkanes) is 1. The van der Waals surface area contributed by atoms with Crippen LogP contribution in [-0.2, 0) is 6.42 Å². The van der Waals surface area contributed by atoms with Gasteiger partial charge in [-0.2, -0.15) is 0 Å². The van der Waals surface area contributed by atoms with Crippen LogP contribution < -0.4 is 4.74 Å². The summed E-state index contributed by atoms with van der Waals surface area (Å²) in [7, 11) is 2.29. The van der Waals surface area contributed by atoms with E-state index < -0.39 is 0 Å². The Morgan fingerprint density at radius 2 is 1.41 bits per heavy atom. The summed E-state index contributed by atoms with van der Waals surface area (Å²) in [6.45, 7) is 4.53. The first-order chi connectivity index (χ1) is 18.3. The zero-order valence-electron chi connectivity index (χ0n) is 22.6. The summed E-state index contributed by atoms with van der Waals surface area (Å²) in [5.41, 5.74) is 4.19. The molecule has 3 nitrogen and oxygen atoms in total. The maximum Gasteiger partial charge on any atom is 0.122 e. The van der Waals surface area contributed by atoms with E-state index in [1.54, 1.807) is 0 Å². The quantitative estimate of drug-likeness (QED) is 0.262. The second kappa shape index (κ2) is 13.3. The molecule has 2 heterocycles. The van der Waals surface area contributed by atoms with Crippen LogP contribution in [0.15, 0.2) is 84.9 Å². The largest absolute Gasteiger partial charge is 0.490 e. The van der Waals surface area contributed by atoms with Crippen LogP contribution in [-0.4, -0.2) is 55.2 Å². The molecule has 0 aromatic heterocycles. The average Bonchev–Trinajstić information content (AvgIpc) is 3.37. The Hall–Kier alpha value is -2.62. The summed E-state index contributed by atoms with van der Waals surface area (Å²) in [5.74, 6) is 1.52. The van der Waals surface area contributed by atoms with E-state index in [0.717, 1.165) is 50.7 Å². The maximum absolute atomic E-state index is 6.62. The van der Waals surface area contributed by atoms with Crippen molar-refractivity contribution in [1.29, 1.82) is 0 Å². The monoisotopic (exact) mass is 496 g/mol. The lowest BCUT2D eigenvalue weighted by atomic mass is 9.90. The zero-order valence-corrected chi connectivity index (χ0v) is 22.6. The highest BCUT2D eigenvalue weighted by Gasteiger charge is 2.25.